The van der Waals surface area contributed by atoms with E-state index in [1.165, 1.54) is 11.8 Å². The second kappa shape index (κ2) is 13.6. The van der Waals surface area contributed by atoms with Gasteiger partial charge in [0, 0.05) is 44.8 Å². The van der Waals surface area contributed by atoms with Gasteiger partial charge in [-0.05, 0) is 43.9 Å². The Balaban J connectivity index is 2.07. The van der Waals surface area contributed by atoms with E-state index in [-0.39, 0.29) is 17.0 Å². The number of hydrogen-bond donors (Lipinski definition) is 0. The Bertz CT molecular complexity index is 1130. The number of anilines is 1. The molecule has 0 bridgehead atoms. The van der Waals surface area contributed by atoms with Crippen LogP contribution in [-0.4, -0.2) is 63.9 Å². The van der Waals surface area contributed by atoms with Crippen LogP contribution in [0.15, 0.2) is 9.70 Å². The number of carbonyl (C=O) groups excluding carboxylic acids is 1. The van der Waals surface area contributed by atoms with Crippen LogP contribution in [0.25, 0.3) is 6.08 Å². The van der Waals surface area contributed by atoms with E-state index in [0.717, 1.165) is 76.2 Å². The number of piperazine rings is 1. The predicted molar refractivity (Wildman–Crippen MR) is 158 cm³/mol. The second-order valence-corrected chi connectivity index (χ2v) is 11.6. The molecule has 3 rings (SSSR count). The van der Waals surface area contributed by atoms with E-state index in [1.807, 2.05) is 19.9 Å². The molecule has 1 aromatic heterocycles. The first-order valence-corrected chi connectivity index (χ1v) is 14.9. The van der Waals surface area contributed by atoms with Crippen molar-refractivity contribution in [2.24, 2.45) is 5.92 Å². The summed E-state index contributed by atoms with van der Waals surface area (Å²) in [4.78, 5) is 33.9. The molecule has 3 heterocycles. The van der Waals surface area contributed by atoms with Crippen molar-refractivity contribution in [3.8, 4) is 6.07 Å². The van der Waals surface area contributed by atoms with Crippen LogP contribution in [-0.2, 0) is 11.3 Å². The zero-order valence-corrected chi connectivity index (χ0v) is 24.6. The molecule has 1 aromatic rings. The quantitative estimate of drug-likeness (QED) is 0.287. The first kappa shape index (κ1) is 29.4. The van der Waals surface area contributed by atoms with Crippen molar-refractivity contribution in [2.75, 3.05) is 44.2 Å². The summed E-state index contributed by atoms with van der Waals surface area (Å²) in [6.45, 7) is 15.9. The number of nitrogens with zero attached hydrogens (tertiary/aromatic N) is 5. The van der Waals surface area contributed by atoms with Crippen molar-refractivity contribution in [3.05, 3.63) is 31.9 Å². The molecule has 37 heavy (non-hydrogen) atoms. The van der Waals surface area contributed by atoms with E-state index in [0.29, 0.717) is 33.8 Å². The number of hydrogen-bond acceptors (Lipinski definition) is 7. The summed E-state index contributed by atoms with van der Waals surface area (Å²) in [6.07, 6.45) is 7.04. The summed E-state index contributed by atoms with van der Waals surface area (Å²) in [7, 11) is 0. The normalized spacial score (nSPS) is 18.6. The number of unbranched alkanes of at least 4 members (excludes halogenated alkanes) is 1. The van der Waals surface area contributed by atoms with Crippen molar-refractivity contribution in [1.29, 1.82) is 5.26 Å². The van der Waals surface area contributed by atoms with Crippen LogP contribution in [0.3, 0.4) is 0 Å². The molecule has 2 aliphatic rings. The monoisotopic (exact) mass is 543 g/mol. The second-order valence-electron chi connectivity index (χ2n) is 9.94. The van der Waals surface area contributed by atoms with Crippen molar-refractivity contribution >= 4 is 46.1 Å². The Morgan fingerprint density at radius 3 is 2.38 bits per heavy atom. The zero-order chi connectivity index (χ0) is 27.1. The lowest BCUT2D eigenvalue weighted by molar-refractivity contribution is -0.122. The molecule has 1 amide bonds. The lowest BCUT2D eigenvalue weighted by Crippen LogP contribution is -2.48. The fourth-order valence-electron chi connectivity index (χ4n) is 5.16. The maximum absolute atomic E-state index is 13.6. The van der Waals surface area contributed by atoms with Gasteiger partial charge in [0.2, 0.25) is 0 Å². The van der Waals surface area contributed by atoms with Gasteiger partial charge in [-0.15, -0.1) is 0 Å². The van der Waals surface area contributed by atoms with E-state index in [9.17, 15) is 14.9 Å². The summed E-state index contributed by atoms with van der Waals surface area (Å²) in [5.41, 5.74) is 1.32. The highest BCUT2D eigenvalue weighted by atomic mass is 32.2. The van der Waals surface area contributed by atoms with Crippen LogP contribution in [0.5, 0.6) is 0 Å². The predicted octanol–water partition coefficient (Wildman–Crippen LogP) is 5.00. The Kier molecular flexibility index (Phi) is 10.8. The standard InChI is InChI=1S/C28H41N5O2S2/c1-6-10-11-21(8-3)19-33-27(35)24(37-28(33)36)17-22-20(5)23(18-29)26(34)32(12-7-2)25(22)31-15-13-30(9-4)14-16-31/h17,21H,6-16,19H2,1-5H3/b24-17-. The average molecular weight is 544 g/mol. The largest absolute Gasteiger partial charge is 0.355 e. The first-order chi connectivity index (χ1) is 17.8. The van der Waals surface area contributed by atoms with Crippen molar-refractivity contribution in [2.45, 2.75) is 73.3 Å². The molecule has 2 saturated heterocycles. The molecule has 7 nitrogen and oxygen atoms in total. The molecule has 2 fully saturated rings. The van der Waals surface area contributed by atoms with Crippen LogP contribution in [0.2, 0.25) is 0 Å². The SMILES string of the molecule is CCCCC(CC)CN1C(=O)/C(=C/c2c(C)c(C#N)c(=O)n(CCC)c2N2CCN(CC)CC2)SC1=S. The summed E-state index contributed by atoms with van der Waals surface area (Å²) in [6, 6.07) is 2.14. The number of likely N-dealkylation sites (N-methyl/N-ethyl adjacent to an activating group) is 1. The van der Waals surface area contributed by atoms with E-state index < -0.39 is 0 Å². The van der Waals surface area contributed by atoms with Gasteiger partial charge in [-0.2, -0.15) is 5.26 Å². The number of pyridine rings is 1. The van der Waals surface area contributed by atoms with E-state index in [2.05, 4.69) is 36.6 Å². The Morgan fingerprint density at radius 2 is 1.81 bits per heavy atom. The molecule has 9 heteroatoms. The van der Waals surface area contributed by atoms with Crippen LogP contribution in [0.1, 0.15) is 76.5 Å². The van der Waals surface area contributed by atoms with Crippen LogP contribution < -0.4 is 10.5 Å². The molecular formula is C28H41N5O2S2. The summed E-state index contributed by atoms with van der Waals surface area (Å²) in [5, 5.41) is 9.87. The molecule has 0 radical (unpaired) electrons. The number of thiocarbonyl (C=S) groups is 1. The van der Waals surface area contributed by atoms with Crippen LogP contribution >= 0.6 is 24.0 Å². The fourth-order valence-corrected chi connectivity index (χ4v) is 6.41. The van der Waals surface area contributed by atoms with Gasteiger partial charge in [0.05, 0.1) is 4.91 Å². The van der Waals surface area contributed by atoms with Gasteiger partial charge in [-0.25, -0.2) is 0 Å². The minimum absolute atomic E-state index is 0.0714. The number of carbonyl (C=O) groups is 1. The third-order valence-electron chi connectivity index (χ3n) is 7.55. The van der Waals surface area contributed by atoms with Gasteiger partial charge in [0.25, 0.3) is 11.5 Å². The van der Waals surface area contributed by atoms with Crippen LogP contribution in [0, 0.1) is 24.2 Å². The Morgan fingerprint density at radius 1 is 1.11 bits per heavy atom. The number of aromatic nitrogens is 1. The van der Waals surface area contributed by atoms with Gasteiger partial charge in [-0.1, -0.05) is 70.9 Å². The molecule has 0 aromatic carbocycles. The average Bonchev–Trinajstić information content (AvgIpc) is 3.16. The minimum Gasteiger partial charge on any atom is -0.355 e. The molecule has 0 aliphatic carbocycles. The lowest BCUT2D eigenvalue weighted by atomic mass is 9.99. The van der Waals surface area contributed by atoms with Crippen molar-refractivity contribution < 1.29 is 4.79 Å². The molecular weight excluding hydrogens is 502 g/mol. The summed E-state index contributed by atoms with van der Waals surface area (Å²) < 4.78 is 2.33. The molecule has 0 spiro atoms. The van der Waals surface area contributed by atoms with E-state index in [1.54, 1.807) is 9.47 Å². The third kappa shape index (κ3) is 6.47. The smallest absolute Gasteiger partial charge is 0.270 e. The Labute approximate surface area is 231 Å². The van der Waals surface area contributed by atoms with Crippen molar-refractivity contribution in [3.63, 3.8) is 0 Å². The van der Waals surface area contributed by atoms with Gasteiger partial charge in [0.15, 0.2) is 0 Å². The summed E-state index contributed by atoms with van der Waals surface area (Å²) >= 11 is 6.98. The highest BCUT2D eigenvalue weighted by Crippen LogP contribution is 2.37. The summed E-state index contributed by atoms with van der Waals surface area (Å²) in [5.74, 6) is 1.17. The highest BCUT2D eigenvalue weighted by molar-refractivity contribution is 8.26. The lowest BCUT2D eigenvalue weighted by Gasteiger charge is -2.37. The molecule has 202 valence electrons. The third-order valence-corrected chi connectivity index (χ3v) is 8.92. The van der Waals surface area contributed by atoms with E-state index >= 15 is 0 Å². The number of nitriles is 1. The molecule has 1 atom stereocenters. The first-order valence-electron chi connectivity index (χ1n) is 13.7. The van der Waals surface area contributed by atoms with Gasteiger partial charge >= 0.3 is 0 Å². The van der Waals surface area contributed by atoms with Gasteiger partial charge in [-0.3, -0.25) is 19.1 Å². The number of amides is 1. The fraction of sp³-hybridized carbons (Fsp3) is 0.643. The van der Waals surface area contributed by atoms with Gasteiger partial charge in [0.1, 0.15) is 21.8 Å². The molecule has 1 unspecified atom stereocenters. The topological polar surface area (TPSA) is 72.6 Å². The molecule has 0 saturated carbocycles. The maximum Gasteiger partial charge on any atom is 0.270 e. The number of rotatable bonds is 11. The minimum atomic E-state index is -0.249. The zero-order valence-electron chi connectivity index (χ0n) is 23.0. The van der Waals surface area contributed by atoms with Gasteiger partial charge < -0.3 is 9.80 Å². The highest BCUT2D eigenvalue weighted by Gasteiger charge is 2.34. The van der Waals surface area contributed by atoms with E-state index in [4.69, 9.17) is 12.2 Å². The number of thioether (sulfide) groups is 1. The maximum atomic E-state index is 13.6. The molecule has 0 N–H and O–H groups in total. The molecule has 2 aliphatic heterocycles. The van der Waals surface area contributed by atoms with Crippen LogP contribution in [0.4, 0.5) is 5.82 Å². The van der Waals surface area contributed by atoms with Crippen molar-refractivity contribution in [1.82, 2.24) is 14.4 Å². The Hall–Kier alpha value is -2.15.